The van der Waals surface area contributed by atoms with Crippen LogP contribution in [0.1, 0.15) is 23.7 Å². The van der Waals surface area contributed by atoms with E-state index in [2.05, 4.69) is 0 Å². The molecule has 1 aliphatic carbocycles. The van der Waals surface area contributed by atoms with Gasteiger partial charge < -0.3 is 4.74 Å². The Balaban J connectivity index is 2.27. The molecule has 0 aliphatic heterocycles. The fraction of sp³-hybridized carbons (Fsp3) is 0.417. The van der Waals surface area contributed by atoms with Crippen molar-refractivity contribution in [1.29, 1.82) is 0 Å². The SMILES string of the molecule is COc1cc(F)cc(C(=O)C2CC2C)c1. The number of benzene rings is 1. The Bertz CT molecular complexity index is 401. The summed E-state index contributed by atoms with van der Waals surface area (Å²) in [5, 5.41) is 0. The third-order valence-electron chi connectivity index (χ3n) is 2.84. The zero-order valence-corrected chi connectivity index (χ0v) is 8.79. The van der Waals surface area contributed by atoms with Crippen molar-refractivity contribution >= 4 is 5.78 Å². The van der Waals surface area contributed by atoms with Gasteiger partial charge in [-0.15, -0.1) is 0 Å². The molecular formula is C12H13FO2. The fourth-order valence-corrected chi connectivity index (χ4v) is 1.72. The molecule has 0 spiro atoms. The average molecular weight is 208 g/mol. The second-order valence-electron chi connectivity index (χ2n) is 4.06. The molecular weight excluding hydrogens is 195 g/mol. The number of halogens is 1. The summed E-state index contributed by atoms with van der Waals surface area (Å²) < 4.78 is 18.0. The van der Waals surface area contributed by atoms with Crippen molar-refractivity contribution in [1.82, 2.24) is 0 Å². The summed E-state index contributed by atoms with van der Waals surface area (Å²) in [6, 6.07) is 4.14. The van der Waals surface area contributed by atoms with Crippen LogP contribution < -0.4 is 4.74 Å². The number of ketones is 1. The molecule has 2 unspecified atom stereocenters. The predicted molar refractivity (Wildman–Crippen MR) is 54.6 cm³/mol. The van der Waals surface area contributed by atoms with E-state index in [-0.39, 0.29) is 11.7 Å². The van der Waals surface area contributed by atoms with Gasteiger partial charge in [0.1, 0.15) is 11.6 Å². The molecule has 0 heterocycles. The van der Waals surface area contributed by atoms with E-state index in [1.54, 1.807) is 6.07 Å². The van der Waals surface area contributed by atoms with Crippen molar-refractivity contribution in [3.63, 3.8) is 0 Å². The lowest BCUT2D eigenvalue weighted by Crippen LogP contribution is -2.03. The van der Waals surface area contributed by atoms with E-state index in [0.29, 0.717) is 17.2 Å². The van der Waals surface area contributed by atoms with Crippen LogP contribution in [0, 0.1) is 17.7 Å². The number of methoxy groups -OCH3 is 1. The molecule has 1 fully saturated rings. The molecule has 3 heteroatoms. The Morgan fingerprint density at radius 1 is 1.47 bits per heavy atom. The molecule has 15 heavy (non-hydrogen) atoms. The Hall–Kier alpha value is -1.38. The summed E-state index contributed by atoms with van der Waals surface area (Å²) >= 11 is 0. The van der Waals surface area contributed by atoms with Crippen molar-refractivity contribution in [3.05, 3.63) is 29.6 Å². The van der Waals surface area contributed by atoms with E-state index in [1.165, 1.54) is 19.2 Å². The largest absolute Gasteiger partial charge is 0.497 e. The summed E-state index contributed by atoms with van der Waals surface area (Å²) in [6.07, 6.45) is 0.914. The van der Waals surface area contributed by atoms with Crippen LogP contribution in [0.5, 0.6) is 5.75 Å². The third kappa shape index (κ3) is 2.01. The van der Waals surface area contributed by atoms with Gasteiger partial charge in [-0.3, -0.25) is 4.79 Å². The van der Waals surface area contributed by atoms with Crippen molar-refractivity contribution in [2.75, 3.05) is 7.11 Å². The van der Waals surface area contributed by atoms with E-state index >= 15 is 0 Å². The molecule has 0 saturated heterocycles. The topological polar surface area (TPSA) is 26.3 Å². The molecule has 0 amide bonds. The molecule has 80 valence electrons. The van der Waals surface area contributed by atoms with E-state index in [4.69, 9.17) is 4.74 Å². The molecule has 2 atom stereocenters. The highest BCUT2D eigenvalue weighted by atomic mass is 19.1. The van der Waals surface area contributed by atoms with Gasteiger partial charge in [0, 0.05) is 17.5 Å². The zero-order valence-electron chi connectivity index (χ0n) is 8.79. The Morgan fingerprint density at radius 2 is 2.13 bits per heavy atom. The van der Waals surface area contributed by atoms with E-state index in [0.717, 1.165) is 6.42 Å². The number of carbonyl (C=O) groups is 1. The summed E-state index contributed by atoms with van der Waals surface area (Å²) in [5.41, 5.74) is 0.418. The molecule has 0 radical (unpaired) electrons. The van der Waals surface area contributed by atoms with Crippen LogP contribution in [-0.4, -0.2) is 12.9 Å². The number of rotatable bonds is 3. The number of carbonyl (C=O) groups excluding carboxylic acids is 1. The number of Topliss-reactive ketones (excluding diaryl/α,β-unsaturated/α-hetero) is 1. The van der Waals surface area contributed by atoms with Gasteiger partial charge in [0.25, 0.3) is 0 Å². The van der Waals surface area contributed by atoms with E-state index < -0.39 is 5.82 Å². The van der Waals surface area contributed by atoms with Gasteiger partial charge in [0.05, 0.1) is 7.11 Å². The molecule has 2 nitrogen and oxygen atoms in total. The smallest absolute Gasteiger partial charge is 0.166 e. The molecule has 1 aromatic carbocycles. The van der Waals surface area contributed by atoms with Crippen LogP contribution in [0.15, 0.2) is 18.2 Å². The van der Waals surface area contributed by atoms with Gasteiger partial charge in [-0.1, -0.05) is 6.92 Å². The van der Waals surface area contributed by atoms with Gasteiger partial charge in [-0.05, 0) is 24.5 Å². The van der Waals surface area contributed by atoms with Gasteiger partial charge >= 0.3 is 0 Å². The quantitative estimate of drug-likeness (QED) is 0.714. The minimum absolute atomic E-state index is 0.0281. The summed E-state index contributed by atoms with van der Waals surface area (Å²) in [7, 11) is 1.46. The first-order valence-corrected chi connectivity index (χ1v) is 5.00. The highest BCUT2D eigenvalue weighted by molar-refractivity contribution is 5.99. The molecule has 0 N–H and O–H groups in total. The van der Waals surface area contributed by atoms with Crippen molar-refractivity contribution in [2.24, 2.45) is 11.8 Å². The first kappa shape index (κ1) is 10.1. The van der Waals surface area contributed by atoms with Gasteiger partial charge in [-0.25, -0.2) is 4.39 Å². The van der Waals surface area contributed by atoms with Crippen LogP contribution in [0.3, 0.4) is 0 Å². The number of hydrogen-bond donors (Lipinski definition) is 0. The van der Waals surface area contributed by atoms with E-state index in [9.17, 15) is 9.18 Å². The second-order valence-corrected chi connectivity index (χ2v) is 4.06. The van der Waals surface area contributed by atoms with Gasteiger partial charge in [0.15, 0.2) is 5.78 Å². The first-order valence-electron chi connectivity index (χ1n) is 5.00. The molecule has 1 aliphatic rings. The molecule has 1 saturated carbocycles. The molecule has 0 bridgehead atoms. The standard InChI is InChI=1S/C12H13FO2/c1-7-3-11(7)12(14)8-4-9(13)6-10(5-8)15-2/h4-7,11H,3H2,1-2H3. The van der Waals surface area contributed by atoms with Crippen molar-refractivity contribution in [2.45, 2.75) is 13.3 Å². The van der Waals surface area contributed by atoms with Crippen LogP contribution in [0.2, 0.25) is 0 Å². The first-order chi connectivity index (χ1) is 7.11. The highest BCUT2D eigenvalue weighted by Crippen LogP contribution is 2.40. The molecule has 2 rings (SSSR count). The lowest BCUT2D eigenvalue weighted by molar-refractivity contribution is 0.0961. The predicted octanol–water partition coefficient (Wildman–Crippen LogP) is 2.67. The molecule has 1 aromatic rings. The summed E-state index contributed by atoms with van der Waals surface area (Å²) in [6.45, 7) is 2.03. The molecule has 0 aromatic heterocycles. The van der Waals surface area contributed by atoms with E-state index in [1.807, 2.05) is 6.92 Å². The summed E-state index contributed by atoms with van der Waals surface area (Å²) in [4.78, 5) is 11.8. The average Bonchev–Trinajstić information content (AvgIpc) is 2.93. The maximum absolute atomic E-state index is 13.1. The van der Waals surface area contributed by atoms with Crippen molar-refractivity contribution in [3.8, 4) is 5.75 Å². The van der Waals surface area contributed by atoms with Gasteiger partial charge in [0.2, 0.25) is 0 Å². The number of ether oxygens (including phenoxy) is 1. The highest BCUT2D eigenvalue weighted by Gasteiger charge is 2.39. The second kappa shape index (κ2) is 3.65. The lowest BCUT2D eigenvalue weighted by atomic mass is 10.1. The maximum atomic E-state index is 13.1. The lowest BCUT2D eigenvalue weighted by Gasteiger charge is -2.04. The Labute approximate surface area is 88.1 Å². The Kier molecular flexibility index (Phi) is 2.47. The van der Waals surface area contributed by atoms with Crippen molar-refractivity contribution < 1.29 is 13.9 Å². The Morgan fingerprint density at radius 3 is 2.67 bits per heavy atom. The zero-order chi connectivity index (χ0) is 11.0. The van der Waals surface area contributed by atoms with Crippen LogP contribution in [-0.2, 0) is 0 Å². The van der Waals surface area contributed by atoms with Crippen LogP contribution in [0.4, 0.5) is 4.39 Å². The normalized spacial score (nSPS) is 23.7. The minimum atomic E-state index is -0.425. The monoisotopic (exact) mass is 208 g/mol. The fourth-order valence-electron chi connectivity index (χ4n) is 1.72. The van der Waals surface area contributed by atoms with Crippen LogP contribution in [0.25, 0.3) is 0 Å². The minimum Gasteiger partial charge on any atom is -0.497 e. The summed E-state index contributed by atoms with van der Waals surface area (Å²) in [5.74, 6) is 0.515. The third-order valence-corrected chi connectivity index (χ3v) is 2.84. The maximum Gasteiger partial charge on any atom is 0.166 e. The number of hydrogen-bond acceptors (Lipinski definition) is 2. The van der Waals surface area contributed by atoms with Gasteiger partial charge in [-0.2, -0.15) is 0 Å². The van der Waals surface area contributed by atoms with Crippen LogP contribution >= 0.6 is 0 Å².